The first-order chi connectivity index (χ1) is 12.4. The lowest BCUT2D eigenvalue weighted by Crippen LogP contribution is -2.30. The molecule has 0 spiro atoms. The van der Waals surface area contributed by atoms with E-state index in [4.69, 9.17) is 16.7 Å². The maximum absolute atomic E-state index is 12.8. The molecule has 0 aliphatic carbocycles. The van der Waals surface area contributed by atoms with Gasteiger partial charge in [-0.15, -0.1) is 0 Å². The van der Waals surface area contributed by atoms with Gasteiger partial charge in [-0.25, -0.2) is 13.1 Å². The highest BCUT2D eigenvalue weighted by Gasteiger charge is 2.25. The Hall–Kier alpha value is -2.41. The van der Waals surface area contributed by atoms with Gasteiger partial charge < -0.3 is 5.11 Å². The maximum Gasteiger partial charge on any atom is 0.305 e. The van der Waals surface area contributed by atoms with Gasteiger partial charge in [0, 0.05) is 5.02 Å². The molecule has 0 saturated carbocycles. The van der Waals surface area contributed by atoms with Crippen LogP contribution in [0.25, 0.3) is 10.8 Å². The highest BCUT2D eigenvalue weighted by molar-refractivity contribution is 7.89. The van der Waals surface area contributed by atoms with Crippen LogP contribution in [-0.4, -0.2) is 19.5 Å². The molecule has 0 aliphatic heterocycles. The van der Waals surface area contributed by atoms with Crippen LogP contribution in [0.1, 0.15) is 18.0 Å². The largest absolute Gasteiger partial charge is 0.481 e. The number of halogens is 1. The molecule has 3 aromatic rings. The van der Waals surface area contributed by atoms with Crippen molar-refractivity contribution in [2.45, 2.75) is 17.4 Å². The van der Waals surface area contributed by atoms with Gasteiger partial charge in [0.25, 0.3) is 0 Å². The Bertz CT molecular complexity index is 1070. The molecule has 0 saturated heterocycles. The van der Waals surface area contributed by atoms with E-state index in [1.165, 1.54) is 6.07 Å². The monoisotopic (exact) mass is 389 g/mol. The second kappa shape index (κ2) is 7.45. The van der Waals surface area contributed by atoms with E-state index in [-0.39, 0.29) is 4.90 Å². The third-order valence-corrected chi connectivity index (χ3v) is 5.80. The predicted molar refractivity (Wildman–Crippen MR) is 101 cm³/mol. The van der Waals surface area contributed by atoms with Crippen LogP contribution in [-0.2, 0) is 14.8 Å². The first kappa shape index (κ1) is 18.4. The minimum atomic E-state index is -3.93. The Morgan fingerprint density at radius 2 is 1.65 bits per heavy atom. The van der Waals surface area contributed by atoms with E-state index in [0.717, 1.165) is 10.8 Å². The lowest BCUT2D eigenvalue weighted by molar-refractivity contribution is -0.137. The van der Waals surface area contributed by atoms with Crippen molar-refractivity contribution in [2.75, 3.05) is 0 Å². The molecule has 1 unspecified atom stereocenters. The molecule has 0 aromatic heterocycles. The number of hydrogen-bond acceptors (Lipinski definition) is 3. The van der Waals surface area contributed by atoms with Gasteiger partial charge in [0.2, 0.25) is 10.0 Å². The predicted octanol–water partition coefficient (Wildman–Crippen LogP) is 3.99. The Morgan fingerprint density at radius 3 is 2.35 bits per heavy atom. The summed E-state index contributed by atoms with van der Waals surface area (Å²) in [5.74, 6) is -1.13. The van der Waals surface area contributed by atoms with Gasteiger partial charge in [0.05, 0.1) is 17.4 Å². The molecule has 1 atom stereocenters. The summed E-state index contributed by atoms with van der Waals surface area (Å²) < 4.78 is 28.1. The fourth-order valence-corrected chi connectivity index (χ4v) is 4.26. The smallest absolute Gasteiger partial charge is 0.305 e. The number of carboxylic acids is 1. The van der Waals surface area contributed by atoms with Crippen LogP contribution in [0.3, 0.4) is 0 Å². The number of aliphatic carboxylic acids is 1. The zero-order valence-electron chi connectivity index (χ0n) is 13.6. The van der Waals surface area contributed by atoms with E-state index >= 15 is 0 Å². The third kappa shape index (κ3) is 4.04. The van der Waals surface area contributed by atoms with E-state index in [9.17, 15) is 13.2 Å². The Balaban J connectivity index is 1.98. The van der Waals surface area contributed by atoms with Gasteiger partial charge in [-0.05, 0) is 34.5 Å². The van der Waals surface area contributed by atoms with Crippen molar-refractivity contribution in [3.8, 4) is 0 Å². The van der Waals surface area contributed by atoms with Crippen molar-refractivity contribution >= 4 is 38.4 Å². The SMILES string of the molecule is O=C(O)CC(NS(=O)(=O)c1ccc2ccccc2c1)c1ccccc1Cl. The van der Waals surface area contributed by atoms with Crippen LogP contribution in [0.15, 0.2) is 71.6 Å². The Kier molecular flexibility index (Phi) is 5.27. The van der Waals surface area contributed by atoms with Gasteiger partial charge in [-0.2, -0.15) is 0 Å². The molecule has 0 fully saturated rings. The van der Waals surface area contributed by atoms with E-state index in [1.807, 2.05) is 24.3 Å². The van der Waals surface area contributed by atoms with Crippen LogP contribution in [0.4, 0.5) is 0 Å². The molecule has 0 radical (unpaired) electrons. The number of sulfonamides is 1. The molecule has 0 heterocycles. The van der Waals surface area contributed by atoms with Crippen LogP contribution >= 0.6 is 11.6 Å². The zero-order valence-corrected chi connectivity index (χ0v) is 15.2. The standard InChI is InChI=1S/C19H16ClNO4S/c20-17-8-4-3-7-16(17)18(12-19(22)23)21-26(24,25)15-10-9-13-5-1-2-6-14(13)11-15/h1-11,18,21H,12H2,(H,22,23). The van der Waals surface area contributed by atoms with Gasteiger partial charge in [0.1, 0.15) is 0 Å². The number of carbonyl (C=O) groups is 1. The number of rotatable bonds is 6. The summed E-state index contributed by atoms with van der Waals surface area (Å²) in [5.41, 5.74) is 0.418. The average Bonchev–Trinajstić information content (AvgIpc) is 2.60. The van der Waals surface area contributed by atoms with Crippen molar-refractivity contribution in [3.05, 3.63) is 77.3 Å². The minimum Gasteiger partial charge on any atom is -0.481 e. The number of carboxylic acid groups (broad SMARTS) is 1. The topological polar surface area (TPSA) is 83.5 Å². The van der Waals surface area contributed by atoms with Crippen molar-refractivity contribution in [2.24, 2.45) is 0 Å². The molecule has 0 bridgehead atoms. The Morgan fingerprint density at radius 1 is 1.00 bits per heavy atom. The van der Waals surface area contributed by atoms with Crippen LogP contribution in [0, 0.1) is 0 Å². The summed E-state index contributed by atoms with van der Waals surface area (Å²) in [6, 6.07) is 17.8. The molecule has 0 amide bonds. The normalized spacial score (nSPS) is 12.8. The van der Waals surface area contributed by atoms with Crippen molar-refractivity contribution in [1.29, 1.82) is 0 Å². The second-order valence-corrected chi connectivity index (χ2v) is 7.92. The van der Waals surface area contributed by atoms with Crippen LogP contribution in [0.2, 0.25) is 5.02 Å². The molecular formula is C19H16ClNO4S. The van der Waals surface area contributed by atoms with Gasteiger partial charge in [-0.3, -0.25) is 4.79 Å². The number of fused-ring (bicyclic) bond motifs is 1. The van der Waals surface area contributed by atoms with Gasteiger partial charge in [0.15, 0.2) is 0 Å². The quantitative estimate of drug-likeness (QED) is 0.667. The van der Waals surface area contributed by atoms with Crippen molar-refractivity contribution in [1.82, 2.24) is 4.72 Å². The number of nitrogens with one attached hydrogen (secondary N) is 1. The number of hydrogen-bond donors (Lipinski definition) is 2. The Labute approximate surface area is 156 Å². The lowest BCUT2D eigenvalue weighted by atomic mass is 10.1. The second-order valence-electron chi connectivity index (χ2n) is 5.80. The molecule has 7 heteroatoms. The summed E-state index contributed by atoms with van der Waals surface area (Å²) >= 11 is 6.13. The van der Waals surface area contributed by atoms with E-state index in [0.29, 0.717) is 10.6 Å². The molecule has 3 aromatic carbocycles. The highest BCUT2D eigenvalue weighted by atomic mass is 35.5. The molecule has 5 nitrogen and oxygen atoms in total. The van der Waals surface area contributed by atoms with Crippen molar-refractivity contribution < 1.29 is 18.3 Å². The molecule has 2 N–H and O–H groups in total. The highest BCUT2D eigenvalue weighted by Crippen LogP contribution is 2.27. The first-order valence-electron chi connectivity index (χ1n) is 7.84. The fraction of sp³-hybridized carbons (Fsp3) is 0.105. The van der Waals surface area contributed by atoms with Gasteiger partial charge in [-0.1, -0.05) is 60.1 Å². The summed E-state index contributed by atoms with van der Waals surface area (Å²) in [5, 5.41) is 11.2. The summed E-state index contributed by atoms with van der Waals surface area (Å²) in [4.78, 5) is 11.3. The summed E-state index contributed by atoms with van der Waals surface area (Å²) in [7, 11) is -3.93. The molecular weight excluding hydrogens is 374 g/mol. The lowest BCUT2D eigenvalue weighted by Gasteiger charge is -2.19. The van der Waals surface area contributed by atoms with E-state index < -0.39 is 28.5 Å². The minimum absolute atomic E-state index is 0.0682. The average molecular weight is 390 g/mol. The maximum atomic E-state index is 12.8. The summed E-state index contributed by atoms with van der Waals surface area (Å²) in [6.07, 6.45) is -0.420. The van der Waals surface area contributed by atoms with Crippen LogP contribution in [0.5, 0.6) is 0 Å². The van der Waals surface area contributed by atoms with E-state index in [2.05, 4.69) is 4.72 Å². The molecule has 26 heavy (non-hydrogen) atoms. The molecule has 134 valence electrons. The fourth-order valence-electron chi connectivity index (χ4n) is 2.74. The first-order valence-corrected chi connectivity index (χ1v) is 9.70. The summed E-state index contributed by atoms with van der Waals surface area (Å²) in [6.45, 7) is 0. The van der Waals surface area contributed by atoms with Crippen LogP contribution < -0.4 is 4.72 Å². The van der Waals surface area contributed by atoms with Gasteiger partial charge >= 0.3 is 5.97 Å². The molecule has 3 rings (SSSR count). The zero-order chi connectivity index (χ0) is 18.7. The third-order valence-electron chi connectivity index (χ3n) is 3.99. The molecule has 0 aliphatic rings. The number of benzene rings is 3. The van der Waals surface area contributed by atoms with Crippen molar-refractivity contribution in [3.63, 3.8) is 0 Å². The van der Waals surface area contributed by atoms with E-state index in [1.54, 1.807) is 36.4 Å².